The minimum Gasteiger partial charge on any atom is -0.465 e. The van der Waals surface area contributed by atoms with Gasteiger partial charge in [0.15, 0.2) is 0 Å². The Morgan fingerprint density at radius 2 is 2.05 bits per heavy atom. The van der Waals surface area contributed by atoms with Crippen LogP contribution in [0, 0.1) is 12.8 Å². The molecule has 0 aliphatic heterocycles. The molecule has 1 aliphatic rings. The van der Waals surface area contributed by atoms with Gasteiger partial charge in [-0.15, -0.1) is 0 Å². The van der Waals surface area contributed by atoms with E-state index in [9.17, 15) is 4.79 Å². The van der Waals surface area contributed by atoms with E-state index in [0.717, 1.165) is 18.1 Å². The number of carbonyl (C=O) groups is 1. The highest BCUT2D eigenvalue weighted by Gasteiger charge is 2.18. The van der Waals surface area contributed by atoms with Crippen LogP contribution in [0.2, 0.25) is 0 Å². The summed E-state index contributed by atoms with van der Waals surface area (Å²) < 4.78 is 5.63. The predicted molar refractivity (Wildman–Crippen MR) is 88.6 cm³/mol. The van der Waals surface area contributed by atoms with E-state index in [2.05, 4.69) is 24.1 Å². The molecule has 0 atom stereocenters. The van der Waals surface area contributed by atoms with E-state index in [-0.39, 0.29) is 5.91 Å². The molecule has 1 aromatic rings. The number of rotatable bonds is 7. The molecule has 22 heavy (non-hydrogen) atoms. The molecule has 4 heteroatoms. The first-order valence-corrected chi connectivity index (χ1v) is 8.60. The summed E-state index contributed by atoms with van der Waals surface area (Å²) in [5, 5.41) is 3.12. The van der Waals surface area contributed by atoms with Crippen molar-refractivity contribution in [1.82, 2.24) is 10.2 Å². The smallest absolute Gasteiger partial charge is 0.234 e. The first-order chi connectivity index (χ1) is 10.5. The van der Waals surface area contributed by atoms with Gasteiger partial charge in [0.1, 0.15) is 11.5 Å². The molecule has 1 aliphatic carbocycles. The highest BCUT2D eigenvalue weighted by molar-refractivity contribution is 5.78. The van der Waals surface area contributed by atoms with Gasteiger partial charge in [0.2, 0.25) is 5.91 Å². The Labute approximate surface area is 134 Å². The zero-order valence-corrected chi connectivity index (χ0v) is 14.2. The van der Waals surface area contributed by atoms with Gasteiger partial charge in [-0.25, -0.2) is 0 Å². The van der Waals surface area contributed by atoms with Crippen LogP contribution >= 0.6 is 0 Å². The Hall–Kier alpha value is -1.29. The van der Waals surface area contributed by atoms with Crippen LogP contribution in [0.25, 0.3) is 0 Å². The molecule has 0 spiro atoms. The Balaban J connectivity index is 1.78. The molecule has 0 aromatic carbocycles. The number of aryl methyl sites for hydroxylation is 1. The van der Waals surface area contributed by atoms with Crippen molar-refractivity contribution < 1.29 is 9.21 Å². The van der Waals surface area contributed by atoms with Gasteiger partial charge < -0.3 is 9.73 Å². The molecule has 0 unspecified atom stereocenters. The summed E-state index contributed by atoms with van der Waals surface area (Å²) in [5.74, 6) is 2.65. The third-order valence-electron chi connectivity index (χ3n) is 4.54. The summed E-state index contributed by atoms with van der Waals surface area (Å²) in [6.45, 7) is 8.13. The lowest BCUT2D eigenvalue weighted by Crippen LogP contribution is -2.41. The van der Waals surface area contributed by atoms with Crippen LogP contribution in [0.3, 0.4) is 0 Å². The lowest BCUT2D eigenvalue weighted by atomic mass is 9.89. The quantitative estimate of drug-likeness (QED) is 0.838. The van der Waals surface area contributed by atoms with Crippen molar-refractivity contribution in [2.24, 2.45) is 5.92 Å². The minimum absolute atomic E-state index is 0.127. The summed E-state index contributed by atoms with van der Waals surface area (Å²) in [5.41, 5.74) is 0. The van der Waals surface area contributed by atoms with Crippen LogP contribution < -0.4 is 5.32 Å². The van der Waals surface area contributed by atoms with E-state index in [1.54, 1.807) is 0 Å². The molecule has 1 amide bonds. The molecule has 4 nitrogen and oxygen atoms in total. The van der Waals surface area contributed by atoms with E-state index < -0.39 is 0 Å². The second-order valence-corrected chi connectivity index (χ2v) is 6.82. The molecule has 1 aromatic heterocycles. The molecule has 1 fully saturated rings. The second-order valence-electron chi connectivity index (χ2n) is 6.82. The topological polar surface area (TPSA) is 45.5 Å². The number of hydrogen-bond donors (Lipinski definition) is 1. The summed E-state index contributed by atoms with van der Waals surface area (Å²) in [7, 11) is 0. The fraction of sp³-hybridized carbons (Fsp3) is 0.722. The van der Waals surface area contributed by atoms with Gasteiger partial charge in [0, 0.05) is 12.6 Å². The number of furan rings is 1. The molecule has 2 rings (SSSR count). The van der Waals surface area contributed by atoms with Gasteiger partial charge in [-0.05, 0) is 51.7 Å². The predicted octanol–water partition coefficient (Wildman–Crippen LogP) is 3.49. The highest BCUT2D eigenvalue weighted by Crippen LogP contribution is 2.22. The number of carbonyl (C=O) groups excluding carboxylic acids is 1. The monoisotopic (exact) mass is 306 g/mol. The van der Waals surface area contributed by atoms with Crippen molar-refractivity contribution in [2.75, 3.05) is 13.1 Å². The van der Waals surface area contributed by atoms with Crippen LogP contribution in [0.4, 0.5) is 0 Å². The second kappa shape index (κ2) is 8.37. The third-order valence-corrected chi connectivity index (χ3v) is 4.54. The summed E-state index contributed by atoms with van der Waals surface area (Å²) in [4.78, 5) is 14.4. The summed E-state index contributed by atoms with van der Waals surface area (Å²) in [6, 6.07) is 4.27. The fourth-order valence-electron chi connectivity index (χ4n) is 3.08. The largest absolute Gasteiger partial charge is 0.465 e. The van der Waals surface area contributed by atoms with E-state index in [4.69, 9.17) is 4.42 Å². The molecule has 1 saturated carbocycles. The lowest BCUT2D eigenvalue weighted by molar-refractivity contribution is -0.123. The van der Waals surface area contributed by atoms with Crippen LogP contribution in [0.5, 0.6) is 0 Å². The average Bonchev–Trinajstić information content (AvgIpc) is 2.91. The van der Waals surface area contributed by atoms with Crippen LogP contribution in [0.1, 0.15) is 57.5 Å². The van der Waals surface area contributed by atoms with Gasteiger partial charge in [-0.1, -0.05) is 19.3 Å². The Morgan fingerprint density at radius 3 is 2.64 bits per heavy atom. The van der Waals surface area contributed by atoms with Crippen molar-refractivity contribution in [1.29, 1.82) is 0 Å². The van der Waals surface area contributed by atoms with E-state index in [1.807, 2.05) is 19.1 Å². The van der Waals surface area contributed by atoms with Gasteiger partial charge in [-0.2, -0.15) is 0 Å². The maximum absolute atomic E-state index is 12.2. The molecule has 0 radical (unpaired) electrons. The Bertz CT molecular complexity index is 461. The van der Waals surface area contributed by atoms with Gasteiger partial charge in [0.05, 0.1) is 13.1 Å². The Morgan fingerprint density at radius 1 is 1.32 bits per heavy atom. The zero-order chi connectivity index (χ0) is 15.9. The van der Waals surface area contributed by atoms with Crippen molar-refractivity contribution in [3.05, 3.63) is 23.7 Å². The number of nitrogens with one attached hydrogen (secondary N) is 1. The number of nitrogens with zero attached hydrogens (tertiary/aromatic N) is 1. The first-order valence-electron chi connectivity index (χ1n) is 8.60. The van der Waals surface area contributed by atoms with Crippen molar-refractivity contribution in [3.63, 3.8) is 0 Å². The first kappa shape index (κ1) is 17.1. The SMILES string of the molecule is Cc1ccc(CN(CC(=O)NCC2CCCCC2)C(C)C)o1. The third kappa shape index (κ3) is 5.48. The lowest BCUT2D eigenvalue weighted by Gasteiger charge is -2.26. The molecule has 1 heterocycles. The van der Waals surface area contributed by atoms with E-state index in [1.165, 1.54) is 32.1 Å². The summed E-state index contributed by atoms with van der Waals surface area (Å²) >= 11 is 0. The molecule has 0 bridgehead atoms. The van der Waals surface area contributed by atoms with Crippen LogP contribution in [-0.2, 0) is 11.3 Å². The number of amides is 1. The molecule has 0 saturated heterocycles. The van der Waals surface area contributed by atoms with E-state index in [0.29, 0.717) is 25.0 Å². The number of hydrogen-bond acceptors (Lipinski definition) is 3. The molecular formula is C18H30N2O2. The van der Waals surface area contributed by atoms with Crippen LogP contribution in [-0.4, -0.2) is 29.9 Å². The van der Waals surface area contributed by atoms with Crippen molar-refractivity contribution in [2.45, 2.75) is 65.5 Å². The zero-order valence-electron chi connectivity index (χ0n) is 14.2. The molecular weight excluding hydrogens is 276 g/mol. The maximum Gasteiger partial charge on any atom is 0.234 e. The molecule has 124 valence electrons. The average molecular weight is 306 g/mol. The van der Waals surface area contributed by atoms with E-state index >= 15 is 0 Å². The normalized spacial score (nSPS) is 16.4. The minimum atomic E-state index is 0.127. The fourth-order valence-corrected chi connectivity index (χ4v) is 3.08. The van der Waals surface area contributed by atoms with Crippen molar-refractivity contribution >= 4 is 5.91 Å². The van der Waals surface area contributed by atoms with Gasteiger partial charge in [0.25, 0.3) is 0 Å². The van der Waals surface area contributed by atoms with Gasteiger partial charge >= 0.3 is 0 Å². The van der Waals surface area contributed by atoms with Crippen molar-refractivity contribution in [3.8, 4) is 0 Å². The van der Waals surface area contributed by atoms with Gasteiger partial charge in [-0.3, -0.25) is 9.69 Å². The standard InChI is InChI=1S/C18H30N2O2/c1-14(2)20(12-17-10-9-15(3)22-17)13-18(21)19-11-16-7-5-4-6-8-16/h9-10,14,16H,4-8,11-13H2,1-3H3,(H,19,21). The summed E-state index contributed by atoms with van der Waals surface area (Å²) in [6.07, 6.45) is 6.51. The van der Waals surface area contributed by atoms with Crippen LogP contribution in [0.15, 0.2) is 16.5 Å². The highest BCUT2D eigenvalue weighted by atomic mass is 16.3. The molecule has 1 N–H and O–H groups in total. The Kier molecular flexibility index (Phi) is 6.49. The maximum atomic E-state index is 12.2.